The molecule has 18 heavy (non-hydrogen) atoms. The summed E-state index contributed by atoms with van der Waals surface area (Å²) in [6.45, 7) is 5.22. The summed E-state index contributed by atoms with van der Waals surface area (Å²) in [5.41, 5.74) is 0.669. The van der Waals surface area contributed by atoms with E-state index in [9.17, 15) is 4.39 Å². The van der Waals surface area contributed by atoms with Crippen LogP contribution in [0.15, 0.2) is 24.3 Å². The summed E-state index contributed by atoms with van der Waals surface area (Å²) >= 11 is 0. The molecule has 4 heteroatoms. The molecule has 96 valence electrons. The van der Waals surface area contributed by atoms with Crippen LogP contribution in [0.1, 0.15) is 13.3 Å². The number of hydrogen-bond acceptors (Lipinski definition) is 3. The van der Waals surface area contributed by atoms with E-state index in [1.54, 1.807) is 6.07 Å². The molecule has 1 heterocycles. The van der Waals surface area contributed by atoms with Crippen molar-refractivity contribution in [2.45, 2.75) is 19.4 Å². The lowest BCUT2D eigenvalue weighted by Gasteiger charge is -2.37. The lowest BCUT2D eigenvalue weighted by Crippen LogP contribution is -2.50. The highest BCUT2D eigenvalue weighted by molar-refractivity contribution is 5.48. The Morgan fingerprint density at radius 2 is 1.94 bits per heavy atom. The highest BCUT2D eigenvalue weighted by atomic mass is 19.1. The van der Waals surface area contributed by atoms with Crippen LogP contribution in [-0.2, 0) is 0 Å². The SMILES string of the molecule is CCC(C#N)N1CCN(c2ccccc2F)CC1. The number of benzene rings is 1. The lowest BCUT2D eigenvalue weighted by molar-refractivity contribution is 0.216. The molecule has 1 unspecified atom stereocenters. The summed E-state index contributed by atoms with van der Waals surface area (Å²) in [6, 6.07) is 9.18. The normalized spacial score (nSPS) is 18.4. The van der Waals surface area contributed by atoms with E-state index in [1.165, 1.54) is 6.07 Å². The van der Waals surface area contributed by atoms with Gasteiger partial charge in [-0.1, -0.05) is 19.1 Å². The minimum atomic E-state index is -0.168. The molecule has 0 bridgehead atoms. The Hall–Kier alpha value is -1.60. The zero-order valence-electron chi connectivity index (χ0n) is 10.6. The van der Waals surface area contributed by atoms with Crippen molar-refractivity contribution in [3.63, 3.8) is 0 Å². The standard InChI is InChI=1S/C14H18FN3/c1-2-12(11-16)17-7-9-18(10-8-17)14-6-4-3-5-13(14)15/h3-6,12H,2,7-10H2,1H3. The summed E-state index contributed by atoms with van der Waals surface area (Å²) in [6.07, 6.45) is 0.843. The smallest absolute Gasteiger partial charge is 0.146 e. The van der Waals surface area contributed by atoms with Gasteiger partial charge in [0.1, 0.15) is 5.82 Å². The minimum absolute atomic E-state index is 0.00669. The van der Waals surface area contributed by atoms with E-state index in [-0.39, 0.29) is 11.9 Å². The van der Waals surface area contributed by atoms with Crippen molar-refractivity contribution in [3.05, 3.63) is 30.1 Å². The molecule has 0 spiro atoms. The van der Waals surface area contributed by atoms with Crippen LogP contribution in [0, 0.1) is 17.1 Å². The molecule has 0 N–H and O–H groups in total. The predicted octanol–water partition coefficient (Wildman–Crippen LogP) is 2.25. The van der Waals surface area contributed by atoms with Crippen LogP contribution < -0.4 is 4.90 Å². The van der Waals surface area contributed by atoms with Crippen molar-refractivity contribution in [1.29, 1.82) is 5.26 Å². The second kappa shape index (κ2) is 5.83. The van der Waals surface area contributed by atoms with Crippen LogP contribution in [-0.4, -0.2) is 37.1 Å². The molecule has 0 saturated carbocycles. The van der Waals surface area contributed by atoms with Gasteiger partial charge in [0.25, 0.3) is 0 Å². The number of anilines is 1. The van der Waals surface area contributed by atoms with Gasteiger partial charge in [0.05, 0.1) is 17.8 Å². The molecule has 1 saturated heterocycles. The number of para-hydroxylation sites is 1. The van der Waals surface area contributed by atoms with E-state index in [2.05, 4.69) is 15.9 Å². The maximum absolute atomic E-state index is 13.7. The number of hydrogen-bond donors (Lipinski definition) is 0. The zero-order chi connectivity index (χ0) is 13.0. The first-order chi connectivity index (χ1) is 8.76. The van der Waals surface area contributed by atoms with Gasteiger partial charge >= 0.3 is 0 Å². The van der Waals surface area contributed by atoms with Crippen molar-refractivity contribution < 1.29 is 4.39 Å². The molecule has 1 aromatic rings. The van der Waals surface area contributed by atoms with Crippen molar-refractivity contribution >= 4 is 5.69 Å². The zero-order valence-corrected chi connectivity index (χ0v) is 10.6. The van der Waals surface area contributed by atoms with Gasteiger partial charge in [-0.25, -0.2) is 4.39 Å². The fraction of sp³-hybridized carbons (Fsp3) is 0.500. The molecule has 2 rings (SSSR count). The van der Waals surface area contributed by atoms with Crippen LogP contribution in [0.4, 0.5) is 10.1 Å². The van der Waals surface area contributed by atoms with Crippen molar-refractivity contribution in [2.75, 3.05) is 31.1 Å². The Balaban J connectivity index is 1.99. The van der Waals surface area contributed by atoms with Crippen LogP contribution in [0.25, 0.3) is 0 Å². The molecule has 0 amide bonds. The molecule has 1 fully saturated rings. The number of rotatable bonds is 3. The first-order valence-electron chi connectivity index (χ1n) is 6.39. The van der Waals surface area contributed by atoms with Crippen LogP contribution in [0.2, 0.25) is 0 Å². The molecular weight excluding hydrogens is 229 g/mol. The largest absolute Gasteiger partial charge is 0.367 e. The second-order valence-corrected chi connectivity index (χ2v) is 4.53. The Morgan fingerprint density at radius 1 is 1.28 bits per heavy atom. The minimum Gasteiger partial charge on any atom is -0.367 e. The van der Waals surface area contributed by atoms with Crippen LogP contribution in [0.5, 0.6) is 0 Å². The van der Waals surface area contributed by atoms with Gasteiger partial charge < -0.3 is 4.90 Å². The topological polar surface area (TPSA) is 30.3 Å². The predicted molar refractivity (Wildman–Crippen MR) is 69.9 cm³/mol. The third-order valence-corrected chi connectivity index (χ3v) is 3.48. The van der Waals surface area contributed by atoms with E-state index >= 15 is 0 Å². The average Bonchev–Trinajstić information content (AvgIpc) is 2.42. The molecule has 1 aliphatic heterocycles. The third-order valence-electron chi connectivity index (χ3n) is 3.48. The number of halogens is 1. The van der Waals surface area contributed by atoms with Gasteiger partial charge in [-0.15, -0.1) is 0 Å². The van der Waals surface area contributed by atoms with E-state index < -0.39 is 0 Å². The molecule has 0 aliphatic carbocycles. The Morgan fingerprint density at radius 3 is 2.50 bits per heavy atom. The van der Waals surface area contributed by atoms with Gasteiger partial charge in [0, 0.05) is 26.2 Å². The Bertz CT molecular complexity index is 433. The first-order valence-corrected chi connectivity index (χ1v) is 6.39. The van der Waals surface area contributed by atoms with Gasteiger partial charge in [-0.3, -0.25) is 4.90 Å². The summed E-state index contributed by atoms with van der Waals surface area (Å²) in [7, 11) is 0. The Labute approximate surface area is 107 Å². The number of piperazine rings is 1. The van der Waals surface area contributed by atoms with Gasteiger partial charge in [-0.05, 0) is 18.6 Å². The molecular formula is C14H18FN3. The molecule has 1 atom stereocenters. The Kier molecular flexibility index (Phi) is 4.16. The second-order valence-electron chi connectivity index (χ2n) is 4.53. The van der Waals surface area contributed by atoms with Crippen LogP contribution >= 0.6 is 0 Å². The van der Waals surface area contributed by atoms with Crippen molar-refractivity contribution in [2.24, 2.45) is 0 Å². The van der Waals surface area contributed by atoms with Crippen molar-refractivity contribution in [3.8, 4) is 6.07 Å². The fourth-order valence-electron chi connectivity index (χ4n) is 2.41. The fourth-order valence-corrected chi connectivity index (χ4v) is 2.41. The van der Waals surface area contributed by atoms with Gasteiger partial charge in [0.2, 0.25) is 0 Å². The van der Waals surface area contributed by atoms with E-state index in [4.69, 9.17) is 5.26 Å². The van der Waals surface area contributed by atoms with E-state index in [1.807, 2.05) is 19.1 Å². The monoisotopic (exact) mass is 247 g/mol. The first kappa shape index (κ1) is 12.8. The summed E-state index contributed by atoms with van der Waals surface area (Å²) < 4.78 is 13.7. The molecule has 1 aliphatic rings. The van der Waals surface area contributed by atoms with E-state index in [0.29, 0.717) is 5.69 Å². The highest BCUT2D eigenvalue weighted by Crippen LogP contribution is 2.20. The maximum atomic E-state index is 13.7. The van der Waals surface area contributed by atoms with Gasteiger partial charge in [-0.2, -0.15) is 5.26 Å². The van der Waals surface area contributed by atoms with Crippen LogP contribution in [0.3, 0.4) is 0 Å². The summed E-state index contributed by atoms with van der Waals surface area (Å²) in [5.74, 6) is -0.168. The third kappa shape index (κ3) is 2.62. The quantitative estimate of drug-likeness (QED) is 0.820. The lowest BCUT2D eigenvalue weighted by atomic mass is 10.1. The molecule has 0 aromatic heterocycles. The van der Waals surface area contributed by atoms with Crippen molar-refractivity contribution in [1.82, 2.24) is 4.90 Å². The van der Waals surface area contributed by atoms with Gasteiger partial charge in [0.15, 0.2) is 0 Å². The molecule has 0 radical (unpaired) electrons. The summed E-state index contributed by atoms with van der Waals surface area (Å²) in [4.78, 5) is 4.23. The highest BCUT2D eigenvalue weighted by Gasteiger charge is 2.23. The maximum Gasteiger partial charge on any atom is 0.146 e. The number of nitriles is 1. The molecule has 3 nitrogen and oxygen atoms in total. The van der Waals surface area contributed by atoms with E-state index in [0.717, 1.165) is 32.6 Å². The number of nitrogens with zero attached hydrogens (tertiary/aromatic N) is 3. The molecule has 1 aromatic carbocycles. The average molecular weight is 247 g/mol. The summed E-state index contributed by atoms with van der Waals surface area (Å²) in [5, 5.41) is 9.04.